The summed E-state index contributed by atoms with van der Waals surface area (Å²) in [5, 5.41) is 10.3. The molecule has 0 radical (unpaired) electrons. The van der Waals surface area contributed by atoms with E-state index in [2.05, 4.69) is 33.8 Å². The summed E-state index contributed by atoms with van der Waals surface area (Å²) in [7, 11) is 0. The molecule has 0 bridgehead atoms. The van der Waals surface area contributed by atoms with Gasteiger partial charge in [-0.25, -0.2) is 0 Å². The van der Waals surface area contributed by atoms with E-state index in [4.69, 9.17) is 4.74 Å². The van der Waals surface area contributed by atoms with Crippen molar-refractivity contribution in [3.05, 3.63) is 29.3 Å². The summed E-state index contributed by atoms with van der Waals surface area (Å²) in [4.78, 5) is 1.53. The molecule has 1 heterocycles. The molecule has 1 fully saturated rings. The van der Waals surface area contributed by atoms with Gasteiger partial charge >= 0.3 is 0 Å². The number of nitrogens with one attached hydrogen (secondary N) is 1. The number of aliphatic hydroxyl groups excluding tert-OH is 1. The molecule has 1 saturated heterocycles. The number of quaternary nitrogens is 1. The second-order valence-electron chi connectivity index (χ2n) is 6.67. The van der Waals surface area contributed by atoms with Gasteiger partial charge in [0.15, 0.2) is 0 Å². The summed E-state index contributed by atoms with van der Waals surface area (Å²) in [6.45, 7) is 9.91. The van der Waals surface area contributed by atoms with Gasteiger partial charge in [-0.3, -0.25) is 0 Å². The van der Waals surface area contributed by atoms with E-state index >= 15 is 0 Å². The number of aliphatic hydroxyl groups is 1. The third kappa shape index (κ3) is 4.21. The fourth-order valence-corrected chi connectivity index (χ4v) is 3.39. The summed E-state index contributed by atoms with van der Waals surface area (Å²) >= 11 is 0. The van der Waals surface area contributed by atoms with E-state index in [9.17, 15) is 5.11 Å². The normalized spacial score (nSPS) is 24.8. The van der Waals surface area contributed by atoms with Crippen molar-refractivity contribution in [1.29, 1.82) is 0 Å². The molecule has 3 atom stereocenters. The Hall–Kier alpha value is -1.06. The monoisotopic (exact) mass is 292 g/mol. The highest BCUT2D eigenvalue weighted by atomic mass is 16.5. The Morgan fingerprint density at radius 3 is 2.57 bits per heavy atom. The second kappa shape index (κ2) is 7.28. The molecule has 0 saturated carbocycles. The van der Waals surface area contributed by atoms with E-state index in [0.717, 1.165) is 17.9 Å². The molecular formula is C18H30NO2+. The van der Waals surface area contributed by atoms with E-state index in [1.807, 2.05) is 12.1 Å². The minimum absolute atomic E-state index is 0.382. The van der Waals surface area contributed by atoms with Gasteiger partial charge in [-0.2, -0.15) is 0 Å². The van der Waals surface area contributed by atoms with Gasteiger partial charge in [-0.15, -0.1) is 0 Å². The zero-order valence-electron chi connectivity index (χ0n) is 13.9. The average molecular weight is 292 g/mol. The molecule has 118 valence electrons. The summed E-state index contributed by atoms with van der Waals surface area (Å²) < 4.78 is 5.83. The SMILES string of the molecule is Cc1cccc(OC[C@H](O)C[NH+]2[C@H](C)CCC[C@H]2C)c1C. The smallest absolute Gasteiger partial charge is 0.137 e. The van der Waals surface area contributed by atoms with Crippen molar-refractivity contribution in [3.8, 4) is 5.75 Å². The van der Waals surface area contributed by atoms with Crippen molar-refractivity contribution in [3.63, 3.8) is 0 Å². The van der Waals surface area contributed by atoms with Crippen LogP contribution in [0.5, 0.6) is 5.75 Å². The molecule has 0 amide bonds. The molecule has 2 N–H and O–H groups in total. The van der Waals surface area contributed by atoms with Crippen LogP contribution in [-0.2, 0) is 0 Å². The first kappa shape index (κ1) is 16.3. The zero-order chi connectivity index (χ0) is 15.4. The van der Waals surface area contributed by atoms with Crippen LogP contribution in [0.4, 0.5) is 0 Å². The van der Waals surface area contributed by atoms with Crippen molar-refractivity contribution in [2.45, 2.75) is 65.1 Å². The molecule has 3 nitrogen and oxygen atoms in total. The van der Waals surface area contributed by atoms with Gasteiger partial charge in [-0.1, -0.05) is 12.1 Å². The van der Waals surface area contributed by atoms with Gasteiger partial charge in [0.2, 0.25) is 0 Å². The highest BCUT2D eigenvalue weighted by molar-refractivity contribution is 5.38. The van der Waals surface area contributed by atoms with E-state index in [1.54, 1.807) is 0 Å². The van der Waals surface area contributed by atoms with Crippen molar-refractivity contribution in [1.82, 2.24) is 0 Å². The zero-order valence-corrected chi connectivity index (χ0v) is 13.9. The summed E-state index contributed by atoms with van der Waals surface area (Å²) in [6.07, 6.45) is 3.46. The number of aryl methyl sites for hydroxylation is 1. The number of rotatable bonds is 5. The molecule has 1 aliphatic rings. The molecule has 1 aromatic carbocycles. The highest BCUT2D eigenvalue weighted by Gasteiger charge is 2.30. The quantitative estimate of drug-likeness (QED) is 0.869. The van der Waals surface area contributed by atoms with E-state index < -0.39 is 6.10 Å². The molecule has 2 rings (SSSR count). The first-order valence-electron chi connectivity index (χ1n) is 8.21. The van der Waals surface area contributed by atoms with Crippen molar-refractivity contribution >= 4 is 0 Å². The van der Waals surface area contributed by atoms with Crippen molar-refractivity contribution in [2.24, 2.45) is 0 Å². The van der Waals surface area contributed by atoms with Crippen molar-refractivity contribution < 1.29 is 14.7 Å². The van der Waals surface area contributed by atoms with E-state index in [-0.39, 0.29) is 0 Å². The van der Waals surface area contributed by atoms with Crippen LogP contribution >= 0.6 is 0 Å². The summed E-state index contributed by atoms with van der Waals surface area (Å²) in [5.74, 6) is 0.892. The number of piperidine rings is 1. The standard InChI is InChI=1S/C18H29NO2/c1-13-7-5-10-18(16(13)4)21-12-17(20)11-19-14(2)8-6-9-15(19)3/h5,7,10,14-15,17,20H,6,8-9,11-12H2,1-4H3/p+1/t14-,15-,17-/m1/s1. The number of hydrogen-bond donors (Lipinski definition) is 2. The van der Waals surface area contributed by atoms with Crippen LogP contribution in [0.1, 0.15) is 44.2 Å². The fraction of sp³-hybridized carbons (Fsp3) is 0.667. The first-order valence-corrected chi connectivity index (χ1v) is 8.21. The van der Waals surface area contributed by atoms with Crippen LogP contribution in [0.2, 0.25) is 0 Å². The predicted molar refractivity (Wildman–Crippen MR) is 86.0 cm³/mol. The lowest BCUT2D eigenvalue weighted by Crippen LogP contribution is -3.20. The van der Waals surface area contributed by atoms with Crippen LogP contribution in [0.3, 0.4) is 0 Å². The molecule has 0 unspecified atom stereocenters. The molecule has 0 aliphatic carbocycles. The van der Waals surface area contributed by atoms with Crippen LogP contribution < -0.4 is 9.64 Å². The molecule has 21 heavy (non-hydrogen) atoms. The van der Waals surface area contributed by atoms with Gasteiger partial charge in [0, 0.05) is 0 Å². The van der Waals surface area contributed by atoms with E-state index in [0.29, 0.717) is 18.7 Å². The number of hydrogen-bond acceptors (Lipinski definition) is 2. The van der Waals surface area contributed by atoms with Gasteiger partial charge in [-0.05, 0) is 64.2 Å². The molecule has 0 aromatic heterocycles. The lowest BCUT2D eigenvalue weighted by Gasteiger charge is -2.36. The van der Waals surface area contributed by atoms with Crippen LogP contribution in [-0.4, -0.2) is 36.4 Å². The molecular weight excluding hydrogens is 262 g/mol. The average Bonchev–Trinajstić information content (AvgIpc) is 2.45. The highest BCUT2D eigenvalue weighted by Crippen LogP contribution is 2.20. The third-order valence-corrected chi connectivity index (χ3v) is 5.00. The topological polar surface area (TPSA) is 33.9 Å². The maximum atomic E-state index is 10.3. The molecule has 1 aromatic rings. The largest absolute Gasteiger partial charge is 0.490 e. The third-order valence-electron chi connectivity index (χ3n) is 5.00. The Labute approximate surface area is 128 Å². The fourth-order valence-electron chi connectivity index (χ4n) is 3.39. The number of likely N-dealkylation sites (tertiary alicyclic amines) is 1. The van der Waals surface area contributed by atoms with E-state index in [1.165, 1.54) is 29.7 Å². The number of ether oxygens (including phenoxy) is 1. The van der Waals surface area contributed by atoms with Crippen molar-refractivity contribution in [2.75, 3.05) is 13.2 Å². The predicted octanol–water partition coefficient (Wildman–Crippen LogP) is 1.89. The molecule has 3 heteroatoms. The van der Waals surface area contributed by atoms with Gasteiger partial charge < -0.3 is 14.7 Å². The minimum atomic E-state index is -0.400. The maximum absolute atomic E-state index is 10.3. The Bertz CT molecular complexity index is 451. The van der Waals surface area contributed by atoms with Crippen LogP contribution in [0.25, 0.3) is 0 Å². The minimum Gasteiger partial charge on any atom is -0.490 e. The Kier molecular flexibility index (Phi) is 5.65. The van der Waals surface area contributed by atoms with Gasteiger partial charge in [0.25, 0.3) is 0 Å². The Balaban J connectivity index is 1.87. The van der Waals surface area contributed by atoms with Gasteiger partial charge in [0.1, 0.15) is 25.0 Å². The number of benzene rings is 1. The van der Waals surface area contributed by atoms with Crippen LogP contribution in [0.15, 0.2) is 18.2 Å². The summed E-state index contributed by atoms with van der Waals surface area (Å²) in [6, 6.07) is 7.35. The second-order valence-corrected chi connectivity index (χ2v) is 6.67. The molecule has 0 spiro atoms. The van der Waals surface area contributed by atoms with Gasteiger partial charge in [0.05, 0.1) is 12.1 Å². The Morgan fingerprint density at radius 1 is 1.24 bits per heavy atom. The molecule has 1 aliphatic heterocycles. The maximum Gasteiger partial charge on any atom is 0.137 e. The first-order chi connectivity index (χ1) is 9.99. The Morgan fingerprint density at radius 2 is 1.90 bits per heavy atom. The van der Waals surface area contributed by atoms with Crippen LogP contribution in [0, 0.1) is 13.8 Å². The lowest BCUT2D eigenvalue weighted by atomic mass is 9.97. The lowest BCUT2D eigenvalue weighted by molar-refractivity contribution is -0.954. The summed E-state index contributed by atoms with van der Waals surface area (Å²) in [5.41, 5.74) is 2.39.